The van der Waals surface area contributed by atoms with Crippen LogP contribution in [0.4, 0.5) is 5.69 Å². The van der Waals surface area contributed by atoms with Crippen molar-refractivity contribution in [3.05, 3.63) is 71.4 Å². The van der Waals surface area contributed by atoms with E-state index in [4.69, 9.17) is 16.1 Å². The highest BCUT2D eigenvalue weighted by Gasteiger charge is 2.25. The van der Waals surface area contributed by atoms with Gasteiger partial charge in [0.15, 0.2) is 11.5 Å². The molecule has 26 heavy (non-hydrogen) atoms. The maximum Gasteiger partial charge on any atom is 0.276 e. The first-order chi connectivity index (χ1) is 12.7. The summed E-state index contributed by atoms with van der Waals surface area (Å²) >= 11 is 6.27. The maximum absolute atomic E-state index is 12.7. The van der Waals surface area contributed by atoms with Gasteiger partial charge in [0.2, 0.25) is 0 Å². The molecule has 1 saturated heterocycles. The van der Waals surface area contributed by atoms with Crippen LogP contribution in [0.25, 0.3) is 11.3 Å². The van der Waals surface area contributed by atoms with Crippen LogP contribution in [-0.2, 0) is 0 Å². The molecule has 1 aromatic heterocycles. The van der Waals surface area contributed by atoms with Gasteiger partial charge in [-0.05, 0) is 12.1 Å². The van der Waals surface area contributed by atoms with Crippen molar-refractivity contribution in [2.45, 2.75) is 0 Å². The summed E-state index contributed by atoms with van der Waals surface area (Å²) in [7, 11) is 0. The van der Waals surface area contributed by atoms with Crippen LogP contribution in [0.5, 0.6) is 0 Å². The number of aromatic nitrogens is 1. The van der Waals surface area contributed by atoms with Crippen LogP contribution in [0.1, 0.15) is 10.5 Å². The van der Waals surface area contributed by atoms with Crippen molar-refractivity contribution in [3.8, 4) is 11.3 Å². The largest absolute Gasteiger partial charge is 0.367 e. The van der Waals surface area contributed by atoms with Crippen molar-refractivity contribution in [1.29, 1.82) is 0 Å². The lowest BCUT2D eigenvalue weighted by Gasteiger charge is -2.36. The molecular weight excluding hydrogens is 350 g/mol. The molecule has 132 valence electrons. The highest BCUT2D eigenvalue weighted by molar-refractivity contribution is 6.33. The van der Waals surface area contributed by atoms with Gasteiger partial charge in [-0.2, -0.15) is 0 Å². The second-order valence-corrected chi connectivity index (χ2v) is 6.58. The molecule has 5 nitrogen and oxygen atoms in total. The van der Waals surface area contributed by atoms with Crippen LogP contribution in [-0.4, -0.2) is 42.1 Å². The molecule has 0 N–H and O–H groups in total. The minimum absolute atomic E-state index is 0.102. The average Bonchev–Trinajstić information content (AvgIpc) is 3.19. The predicted molar refractivity (Wildman–Crippen MR) is 102 cm³/mol. The van der Waals surface area contributed by atoms with Gasteiger partial charge in [0.05, 0.1) is 10.7 Å². The van der Waals surface area contributed by atoms with E-state index in [2.05, 4.69) is 10.1 Å². The average molecular weight is 368 g/mol. The fourth-order valence-electron chi connectivity index (χ4n) is 3.14. The van der Waals surface area contributed by atoms with Crippen LogP contribution in [0.3, 0.4) is 0 Å². The van der Waals surface area contributed by atoms with Gasteiger partial charge in [-0.15, -0.1) is 0 Å². The second-order valence-electron chi connectivity index (χ2n) is 6.17. The Balaban J connectivity index is 1.43. The van der Waals surface area contributed by atoms with E-state index >= 15 is 0 Å². The zero-order valence-corrected chi connectivity index (χ0v) is 14.9. The van der Waals surface area contributed by atoms with E-state index in [1.165, 1.54) is 0 Å². The molecule has 0 atom stereocenters. The standard InChI is InChI=1S/C20H18ClN3O2/c21-16-8-4-5-9-18(16)23-10-12-24(13-11-23)20(25)17-14-19(26-22-17)15-6-2-1-3-7-15/h1-9,14H,10-13H2. The molecule has 2 heterocycles. The number of anilines is 1. The normalized spacial score (nSPS) is 14.5. The van der Waals surface area contributed by atoms with E-state index in [1.54, 1.807) is 11.0 Å². The summed E-state index contributed by atoms with van der Waals surface area (Å²) in [6.45, 7) is 2.72. The molecule has 1 fully saturated rings. The van der Waals surface area contributed by atoms with Crippen molar-refractivity contribution < 1.29 is 9.32 Å². The van der Waals surface area contributed by atoms with E-state index in [0.717, 1.165) is 29.4 Å². The molecule has 0 radical (unpaired) electrons. The third-order valence-corrected chi connectivity index (χ3v) is 4.87. The molecule has 1 aliphatic heterocycles. The molecule has 1 aliphatic rings. The Hall–Kier alpha value is -2.79. The van der Waals surface area contributed by atoms with Crippen LogP contribution in [0.15, 0.2) is 65.2 Å². The monoisotopic (exact) mass is 367 g/mol. The van der Waals surface area contributed by atoms with E-state index in [0.29, 0.717) is 24.5 Å². The van der Waals surface area contributed by atoms with Crippen LogP contribution in [0.2, 0.25) is 5.02 Å². The first kappa shape index (κ1) is 16.7. The van der Waals surface area contributed by atoms with Gasteiger partial charge in [0.25, 0.3) is 5.91 Å². The number of hydrogen-bond donors (Lipinski definition) is 0. The summed E-state index contributed by atoms with van der Waals surface area (Å²) < 4.78 is 5.34. The SMILES string of the molecule is O=C(c1cc(-c2ccccc2)on1)N1CCN(c2ccccc2Cl)CC1. The molecule has 6 heteroatoms. The van der Waals surface area contributed by atoms with Gasteiger partial charge in [0.1, 0.15) is 0 Å². The van der Waals surface area contributed by atoms with Gasteiger partial charge in [-0.25, -0.2) is 0 Å². The Morgan fingerprint density at radius 2 is 1.65 bits per heavy atom. The molecule has 1 amide bonds. The summed E-state index contributed by atoms with van der Waals surface area (Å²) in [5.41, 5.74) is 2.26. The molecular formula is C20H18ClN3O2. The fraction of sp³-hybridized carbons (Fsp3) is 0.200. The van der Waals surface area contributed by atoms with Crippen molar-refractivity contribution in [2.75, 3.05) is 31.1 Å². The summed E-state index contributed by atoms with van der Waals surface area (Å²) in [6.07, 6.45) is 0. The lowest BCUT2D eigenvalue weighted by Crippen LogP contribution is -2.49. The van der Waals surface area contributed by atoms with E-state index in [-0.39, 0.29) is 5.91 Å². The smallest absolute Gasteiger partial charge is 0.276 e. The molecule has 0 spiro atoms. The fourth-order valence-corrected chi connectivity index (χ4v) is 3.39. The molecule has 0 saturated carbocycles. The van der Waals surface area contributed by atoms with Crippen molar-refractivity contribution in [1.82, 2.24) is 10.1 Å². The minimum atomic E-state index is -0.102. The summed E-state index contributed by atoms with van der Waals surface area (Å²) in [5.74, 6) is 0.499. The Morgan fingerprint density at radius 1 is 0.962 bits per heavy atom. The molecule has 4 rings (SSSR count). The summed E-state index contributed by atoms with van der Waals surface area (Å²) in [6, 6.07) is 19.1. The zero-order valence-electron chi connectivity index (χ0n) is 14.1. The first-order valence-electron chi connectivity index (χ1n) is 8.53. The van der Waals surface area contributed by atoms with Gasteiger partial charge in [-0.3, -0.25) is 4.79 Å². The Bertz CT molecular complexity index is 902. The van der Waals surface area contributed by atoms with E-state index < -0.39 is 0 Å². The number of carbonyl (C=O) groups is 1. The Kier molecular flexibility index (Phi) is 4.63. The van der Waals surface area contributed by atoms with Crippen molar-refractivity contribution >= 4 is 23.2 Å². The van der Waals surface area contributed by atoms with Crippen LogP contribution < -0.4 is 4.90 Å². The van der Waals surface area contributed by atoms with Crippen molar-refractivity contribution in [3.63, 3.8) is 0 Å². The number of halogens is 1. The van der Waals surface area contributed by atoms with Gasteiger partial charge in [-0.1, -0.05) is 59.2 Å². The first-order valence-corrected chi connectivity index (χ1v) is 8.91. The second kappa shape index (κ2) is 7.22. The summed E-state index contributed by atoms with van der Waals surface area (Å²) in [4.78, 5) is 16.7. The number of para-hydroxylation sites is 1. The molecule has 0 bridgehead atoms. The quantitative estimate of drug-likeness (QED) is 0.703. The van der Waals surface area contributed by atoms with Gasteiger partial charge >= 0.3 is 0 Å². The zero-order chi connectivity index (χ0) is 17.9. The third-order valence-electron chi connectivity index (χ3n) is 4.55. The van der Waals surface area contributed by atoms with E-state index in [9.17, 15) is 4.79 Å². The minimum Gasteiger partial charge on any atom is -0.367 e. The number of rotatable bonds is 3. The number of amides is 1. The van der Waals surface area contributed by atoms with E-state index in [1.807, 2.05) is 54.6 Å². The molecule has 0 aliphatic carbocycles. The number of piperazine rings is 1. The highest BCUT2D eigenvalue weighted by Crippen LogP contribution is 2.26. The van der Waals surface area contributed by atoms with Crippen molar-refractivity contribution in [2.24, 2.45) is 0 Å². The lowest BCUT2D eigenvalue weighted by atomic mass is 10.1. The van der Waals surface area contributed by atoms with Gasteiger partial charge in [0, 0.05) is 37.8 Å². The van der Waals surface area contributed by atoms with Gasteiger partial charge < -0.3 is 14.3 Å². The third kappa shape index (κ3) is 3.30. The number of benzene rings is 2. The molecule has 3 aromatic rings. The van der Waals surface area contributed by atoms with Crippen LogP contribution >= 0.6 is 11.6 Å². The Labute approximate surface area is 156 Å². The number of nitrogens with zero attached hydrogens (tertiary/aromatic N) is 3. The molecule has 0 unspecified atom stereocenters. The predicted octanol–water partition coefficient (Wildman–Crippen LogP) is 3.96. The number of hydrogen-bond acceptors (Lipinski definition) is 4. The molecule has 2 aromatic carbocycles. The lowest BCUT2D eigenvalue weighted by molar-refractivity contribution is 0.0736. The number of carbonyl (C=O) groups excluding carboxylic acids is 1. The maximum atomic E-state index is 12.7. The Morgan fingerprint density at radius 3 is 2.38 bits per heavy atom. The van der Waals surface area contributed by atoms with Crippen LogP contribution in [0, 0.1) is 0 Å². The summed E-state index contributed by atoms with van der Waals surface area (Å²) in [5, 5.41) is 4.69. The highest BCUT2D eigenvalue weighted by atomic mass is 35.5. The topological polar surface area (TPSA) is 49.6 Å².